The van der Waals surface area contributed by atoms with Gasteiger partial charge in [-0.1, -0.05) is 20.3 Å². The van der Waals surface area contributed by atoms with Crippen molar-refractivity contribution in [1.82, 2.24) is 9.97 Å². The van der Waals surface area contributed by atoms with E-state index in [1.165, 1.54) is 0 Å². The van der Waals surface area contributed by atoms with Gasteiger partial charge in [0.25, 0.3) is 0 Å². The van der Waals surface area contributed by atoms with Gasteiger partial charge in [-0.15, -0.1) is 0 Å². The summed E-state index contributed by atoms with van der Waals surface area (Å²) < 4.78 is 0. The van der Waals surface area contributed by atoms with Crippen molar-refractivity contribution in [3.05, 3.63) is 44.0 Å². The second kappa shape index (κ2) is 4.23. The Morgan fingerprint density at radius 2 is 1.42 bits per heavy atom. The lowest BCUT2D eigenvalue weighted by molar-refractivity contribution is 0.889. The summed E-state index contributed by atoms with van der Waals surface area (Å²) in [5.74, 6) is 0. The van der Waals surface area contributed by atoms with Crippen molar-refractivity contribution in [2.75, 3.05) is 0 Å². The second-order valence-corrected chi connectivity index (χ2v) is 4.77. The van der Waals surface area contributed by atoms with Gasteiger partial charge in [0.2, 0.25) is 10.9 Å². The molecule has 0 spiro atoms. The summed E-state index contributed by atoms with van der Waals surface area (Å²) in [5, 5.41) is 1.15. The molecule has 0 N–H and O–H groups in total. The van der Waals surface area contributed by atoms with E-state index < -0.39 is 0 Å². The monoisotopic (exact) mass is 254 g/mol. The Morgan fingerprint density at radius 3 is 1.95 bits per heavy atom. The Bertz CT molecular complexity index is 858. The lowest BCUT2D eigenvalue weighted by Gasteiger charge is -1.87. The van der Waals surface area contributed by atoms with Crippen molar-refractivity contribution in [3.8, 4) is 0 Å². The first-order valence-corrected chi connectivity index (χ1v) is 6.58. The van der Waals surface area contributed by atoms with E-state index in [-0.39, 0.29) is 10.9 Å². The molecular weight excluding hydrogens is 240 g/mol. The van der Waals surface area contributed by atoms with Crippen LogP contribution in [0.2, 0.25) is 0 Å². The Balaban J connectivity index is 2.36. The molecule has 4 nitrogen and oxygen atoms in total. The van der Waals surface area contributed by atoms with E-state index in [1.54, 1.807) is 12.1 Å². The normalized spacial score (nSPS) is 11.7. The van der Waals surface area contributed by atoms with Crippen LogP contribution in [0.3, 0.4) is 0 Å². The molecule has 0 atom stereocenters. The maximum atomic E-state index is 12.2. The van der Waals surface area contributed by atoms with Gasteiger partial charge in [0, 0.05) is 0 Å². The summed E-state index contributed by atoms with van der Waals surface area (Å²) in [7, 11) is 0. The predicted molar refractivity (Wildman–Crippen MR) is 75.3 cm³/mol. The molecule has 0 bridgehead atoms. The van der Waals surface area contributed by atoms with E-state index >= 15 is 0 Å². The molecule has 0 fully saturated rings. The molecule has 96 valence electrons. The summed E-state index contributed by atoms with van der Waals surface area (Å²) in [4.78, 5) is 32.9. The third-order valence-corrected chi connectivity index (χ3v) is 3.46. The molecule has 0 saturated heterocycles. The van der Waals surface area contributed by atoms with E-state index in [4.69, 9.17) is 0 Å². The molecule has 2 aromatic heterocycles. The quantitative estimate of drug-likeness (QED) is 0.716. The third-order valence-electron chi connectivity index (χ3n) is 3.46. The summed E-state index contributed by atoms with van der Waals surface area (Å²) in [6.45, 7) is 3.92. The highest BCUT2D eigenvalue weighted by Gasteiger charge is 2.14. The molecule has 3 rings (SSSR count). The molecule has 0 amide bonds. The van der Waals surface area contributed by atoms with Crippen molar-refractivity contribution in [2.45, 2.75) is 33.1 Å². The molecule has 0 aliphatic carbocycles. The Hall–Kier alpha value is -2.10. The smallest absolute Gasteiger partial charge is 0.209 e. The van der Waals surface area contributed by atoms with Crippen LogP contribution in [-0.2, 0) is 12.8 Å². The van der Waals surface area contributed by atoms with Crippen LogP contribution >= 0.6 is 0 Å². The minimum atomic E-state index is -0.0353. The van der Waals surface area contributed by atoms with Crippen molar-refractivity contribution in [3.63, 3.8) is 0 Å². The van der Waals surface area contributed by atoms with Crippen LogP contribution in [-0.4, -0.2) is 9.97 Å². The van der Waals surface area contributed by atoms with Crippen molar-refractivity contribution in [1.29, 1.82) is 0 Å². The molecule has 0 saturated carbocycles. The van der Waals surface area contributed by atoms with Crippen molar-refractivity contribution < 1.29 is 0 Å². The van der Waals surface area contributed by atoms with E-state index in [0.29, 0.717) is 46.0 Å². The molecule has 0 aliphatic rings. The second-order valence-electron chi connectivity index (χ2n) is 4.77. The number of hydrogen-bond donors (Lipinski definition) is 0. The summed E-state index contributed by atoms with van der Waals surface area (Å²) in [5.41, 5.74) is 2.33. The highest BCUT2D eigenvalue weighted by molar-refractivity contribution is 5.95. The van der Waals surface area contributed by atoms with Crippen LogP contribution in [0.15, 0.2) is 21.7 Å². The fourth-order valence-electron chi connectivity index (χ4n) is 2.47. The Kier molecular flexibility index (Phi) is 2.66. The van der Waals surface area contributed by atoms with E-state index in [0.717, 1.165) is 6.42 Å². The lowest BCUT2D eigenvalue weighted by Crippen LogP contribution is -2.03. The molecule has 19 heavy (non-hydrogen) atoms. The molecule has 0 radical (unpaired) electrons. The zero-order valence-corrected chi connectivity index (χ0v) is 11.0. The van der Waals surface area contributed by atoms with Crippen molar-refractivity contribution in [2.24, 2.45) is 0 Å². The maximum Gasteiger partial charge on any atom is 0.209 e. The number of fused-ring (bicyclic) bond motifs is 2. The van der Waals surface area contributed by atoms with E-state index in [2.05, 4.69) is 9.97 Å². The summed E-state index contributed by atoms with van der Waals surface area (Å²) in [6.07, 6.45) is 2.17. The largest absolute Gasteiger partial charge is 0.287 e. The van der Waals surface area contributed by atoms with Crippen LogP contribution < -0.4 is 10.9 Å². The van der Waals surface area contributed by atoms with Crippen LogP contribution in [0.5, 0.6) is 0 Å². The van der Waals surface area contributed by atoms with Gasteiger partial charge in [-0.3, -0.25) is 9.59 Å². The van der Waals surface area contributed by atoms with Gasteiger partial charge < -0.3 is 0 Å². The van der Waals surface area contributed by atoms with Crippen molar-refractivity contribution >= 4 is 21.8 Å². The average Bonchev–Trinajstić information content (AvgIpc) is 2.88. The first kappa shape index (κ1) is 12.0. The summed E-state index contributed by atoms with van der Waals surface area (Å²) in [6, 6.07) is 3.42. The molecular formula is C15H14N2O2. The Labute approximate surface area is 109 Å². The minimum absolute atomic E-state index is 0.0211. The van der Waals surface area contributed by atoms with Crippen LogP contribution in [0, 0.1) is 0 Å². The number of aromatic nitrogens is 2. The van der Waals surface area contributed by atoms with Gasteiger partial charge in [-0.05, 0) is 25.0 Å². The zero-order chi connectivity index (χ0) is 13.6. The topological polar surface area (TPSA) is 59.9 Å². The van der Waals surface area contributed by atoms with Crippen LogP contribution in [0.1, 0.15) is 31.7 Å². The molecule has 3 aromatic rings. The number of benzene rings is 1. The molecule has 0 aliphatic heterocycles. The maximum absolute atomic E-state index is 12.2. The highest BCUT2D eigenvalue weighted by Crippen LogP contribution is 2.18. The third kappa shape index (κ3) is 1.67. The predicted octanol–water partition coefficient (Wildman–Crippen LogP) is 1.89. The number of rotatable bonds is 3. The average molecular weight is 254 g/mol. The fourth-order valence-corrected chi connectivity index (χ4v) is 2.47. The number of hydrogen-bond acceptors (Lipinski definition) is 4. The highest BCUT2D eigenvalue weighted by atomic mass is 16.1. The van der Waals surface area contributed by atoms with E-state index in [9.17, 15) is 9.59 Å². The van der Waals surface area contributed by atoms with E-state index in [1.807, 2.05) is 13.8 Å². The van der Waals surface area contributed by atoms with Gasteiger partial charge in [-0.2, -0.15) is 0 Å². The molecule has 1 aromatic carbocycles. The van der Waals surface area contributed by atoms with Crippen LogP contribution in [0.4, 0.5) is 0 Å². The number of aryl methyl sites for hydroxylation is 2. The first-order chi connectivity index (χ1) is 9.15. The van der Waals surface area contributed by atoms with Gasteiger partial charge in [0.05, 0.1) is 33.2 Å². The first-order valence-electron chi connectivity index (χ1n) is 6.58. The standard InChI is InChI=1S/C15H14N2O2/c1-3-5-11-15(19)9-7-12-8(6-13(9)17-11)14(18)10(4-2)16-12/h6-7H,3-5H2,1-2H3. The SMILES string of the molecule is CCCc1nc2cc3c(=O)c(CC)nc3cc2c1=O. The Morgan fingerprint density at radius 1 is 0.895 bits per heavy atom. The fraction of sp³-hybridized carbons (Fsp3) is 0.333. The van der Waals surface area contributed by atoms with Gasteiger partial charge in [-0.25, -0.2) is 9.97 Å². The lowest BCUT2D eigenvalue weighted by atomic mass is 10.1. The number of nitrogens with zero attached hydrogens (tertiary/aromatic N) is 2. The zero-order valence-electron chi connectivity index (χ0n) is 11.0. The van der Waals surface area contributed by atoms with Gasteiger partial charge in [0.15, 0.2) is 0 Å². The van der Waals surface area contributed by atoms with Crippen LogP contribution in [0.25, 0.3) is 21.8 Å². The minimum Gasteiger partial charge on any atom is -0.287 e. The molecule has 2 heterocycles. The summed E-state index contributed by atoms with van der Waals surface area (Å²) >= 11 is 0. The molecule has 4 heteroatoms. The van der Waals surface area contributed by atoms with Gasteiger partial charge in [0.1, 0.15) is 0 Å². The molecule has 0 unspecified atom stereocenters. The van der Waals surface area contributed by atoms with Gasteiger partial charge >= 0.3 is 0 Å².